The molecule has 0 bridgehead atoms. The molecule has 6 aliphatic rings. The molecule has 2 heterocycles. The zero-order valence-corrected chi connectivity index (χ0v) is 78.9. The van der Waals surface area contributed by atoms with Crippen molar-refractivity contribution in [1.82, 2.24) is 9.13 Å². The van der Waals surface area contributed by atoms with Gasteiger partial charge in [0.05, 0.1) is 49.4 Å². The van der Waals surface area contributed by atoms with Crippen LogP contribution in [0.5, 0.6) is 0 Å². The second-order valence-electron chi connectivity index (χ2n) is 39.6. The Morgan fingerprint density at radius 2 is 0.361 bits per heavy atom. The maximum atomic E-state index is 2.56. The lowest BCUT2D eigenvalue weighted by atomic mass is 9.52. The molecule has 0 saturated carbocycles. The second-order valence-corrected chi connectivity index (χ2v) is 39.6. The van der Waals surface area contributed by atoms with Gasteiger partial charge in [0, 0.05) is 32.8 Å². The first kappa shape index (κ1) is 81.6. The lowest BCUT2D eigenvalue weighted by molar-refractivity contribution is 0.633. The Kier molecular flexibility index (Phi) is 17.9. The molecule has 0 saturated heterocycles. The predicted molar refractivity (Wildman–Crippen MR) is 596 cm³/mol. The van der Waals surface area contributed by atoms with Gasteiger partial charge in [-0.3, -0.25) is 0 Å². The Hall–Kier alpha value is -18.3. The summed E-state index contributed by atoms with van der Waals surface area (Å²) in [5, 5.41) is 5.01. The highest BCUT2D eigenvalue weighted by atomic mass is 15.0. The van der Waals surface area contributed by atoms with E-state index in [1.807, 2.05) is 0 Å². The third-order valence-electron chi connectivity index (χ3n) is 33.0. The molecule has 23 aromatic carbocycles. The lowest BCUT2D eigenvalue weighted by Gasteiger charge is -2.49. The van der Waals surface area contributed by atoms with Gasteiger partial charge in [0.25, 0.3) is 0 Å². The Morgan fingerprint density at radius 1 is 0.118 bits per heavy atom. The molecule has 0 fully saturated rings. The Bertz CT molecular complexity index is 9490. The molecule has 668 valence electrons. The summed E-state index contributed by atoms with van der Waals surface area (Å²) in [6.07, 6.45) is 0. The van der Waals surface area contributed by atoms with E-state index in [-0.39, 0.29) is 0 Å². The number of aromatic nitrogens is 2. The van der Waals surface area contributed by atoms with Crippen LogP contribution in [-0.2, 0) is 21.7 Å². The van der Waals surface area contributed by atoms with Crippen molar-refractivity contribution >= 4 is 43.6 Å². The van der Waals surface area contributed by atoms with E-state index in [2.05, 4.69) is 555 Å². The smallest absolute Gasteiger partial charge is 0.0720 e. The van der Waals surface area contributed by atoms with E-state index in [9.17, 15) is 0 Å². The summed E-state index contributed by atoms with van der Waals surface area (Å²) in [5.74, 6) is 0. The monoisotopic (exact) mass is 1820 g/mol. The van der Waals surface area contributed by atoms with Crippen LogP contribution < -0.4 is 0 Å². The van der Waals surface area contributed by atoms with Crippen LogP contribution in [0.1, 0.15) is 89.0 Å². The van der Waals surface area contributed by atoms with Gasteiger partial charge in [-0.25, -0.2) is 0 Å². The first-order valence-electron chi connectivity index (χ1n) is 50.4. The summed E-state index contributed by atoms with van der Waals surface area (Å²) >= 11 is 0. The summed E-state index contributed by atoms with van der Waals surface area (Å²) in [4.78, 5) is 0. The van der Waals surface area contributed by atoms with Crippen LogP contribution in [0.3, 0.4) is 0 Å². The zero-order valence-electron chi connectivity index (χ0n) is 78.9. The van der Waals surface area contributed by atoms with Crippen molar-refractivity contribution in [3.05, 3.63) is 635 Å². The second kappa shape index (κ2) is 31.6. The topological polar surface area (TPSA) is 9.86 Å². The van der Waals surface area contributed by atoms with E-state index in [0.29, 0.717) is 0 Å². The van der Waals surface area contributed by atoms with Gasteiger partial charge in [0.2, 0.25) is 0 Å². The molecular weight excluding hydrogens is 1730 g/mol. The molecule has 4 spiro atoms. The van der Waals surface area contributed by atoms with E-state index >= 15 is 0 Å². The molecule has 31 rings (SSSR count). The fraction of sp³-hybridized carbons (Fsp3) is 0.0282. The molecule has 1 unspecified atom stereocenters. The SMILES string of the molecule is c1ccc(-c2ccc3c(c2)C2(c4ccccc4-c4ccccc42)c2ccc(-c4ccccc4)cc2C32c3ccccc3-c3c(-c4ccc(-c5ccc6c(c5)c5ccccc5n6-c5ccccc5)cc4)cccc32)cc1.c1ccc(-c2ccccc2-n2c3ccccc3c3cc(-c4ccc(-c5cccc6c5-c5ccccc5C65c6ccccc6C6(c7ccccc7-c7ccccc76)c6ccccc65)cc4)ccc32)cc1. The minimum absolute atomic E-state index is 0.457. The number of hydrogen-bond acceptors (Lipinski definition) is 0. The van der Waals surface area contributed by atoms with Crippen LogP contribution in [0.25, 0.3) is 177 Å². The number of rotatable bonds is 9. The number of benzene rings is 23. The maximum absolute atomic E-state index is 2.56. The third kappa shape index (κ3) is 11.3. The highest BCUT2D eigenvalue weighted by Crippen LogP contribution is 2.72. The quantitative estimate of drug-likeness (QED) is 0.136. The fourth-order valence-electron chi connectivity index (χ4n) is 27.4. The molecule has 2 nitrogen and oxygen atoms in total. The van der Waals surface area contributed by atoms with E-state index in [1.165, 1.54) is 266 Å². The van der Waals surface area contributed by atoms with Crippen molar-refractivity contribution in [2.45, 2.75) is 21.7 Å². The average molecular weight is 1820 g/mol. The van der Waals surface area contributed by atoms with Gasteiger partial charge in [-0.1, -0.05) is 479 Å². The van der Waals surface area contributed by atoms with Gasteiger partial charge in [-0.05, 0) is 273 Å². The molecule has 25 aromatic rings. The van der Waals surface area contributed by atoms with Crippen LogP contribution in [-0.4, -0.2) is 9.13 Å². The largest absolute Gasteiger partial charge is 0.309 e. The van der Waals surface area contributed by atoms with E-state index in [1.54, 1.807) is 0 Å². The number of para-hydroxylation sites is 4. The fourth-order valence-corrected chi connectivity index (χ4v) is 27.4. The molecule has 144 heavy (non-hydrogen) atoms. The summed E-state index contributed by atoms with van der Waals surface area (Å²) in [5.41, 5.74) is 53.9. The highest BCUT2D eigenvalue weighted by molar-refractivity contribution is 6.13. The maximum Gasteiger partial charge on any atom is 0.0720 e. The molecular formula is C142H90N2. The predicted octanol–water partition coefficient (Wildman–Crippen LogP) is 35.3. The average Bonchev–Trinajstić information content (AvgIpc) is 1.44. The summed E-state index contributed by atoms with van der Waals surface area (Å²) in [7, 11) is 0. The van der Waals surface area contributed by atoms with Crippen LogP contribution in [0.15, 0.2) is 546 Å². The van der Waals surface area contributed by atoms with Crippen molar-refractivity contribution in [1.29, 1.82) is 0 Å². The van der Waals surface area contributed by atoms with Gasteiger partial charge in [0.15, 0.2) is 0 Å². The lowest BCUT2D eigenvalue weighted by Crippen LogP contribution is -2.44. The third-order valence-corrected chi connectivity index (χ3v) is 33.0. The first-order valence-corrected chi connectivity index (χ1v) is 50.4. The minimum atomic E-state index is -0.654. The number of nitrogens with zero attached hydrogens (tertiary/aromatic N) is 2. The normalized spacial score (nSPS) is 14.6. The molecule has 0 amide bonds. The first-order chi connectivity index (χ1) is 71.5. The standard InChI is InChI=1S/C74H47N.C68H43N/c1-4-19-48(20-5-1)53-40-43-66-68(46-53)73(62-30-14-10-25-57(62)58-26-11-15-31-63(58)73)65-42-39-54(49-21-6-2-7-22-49)47-69(65)74(66)64-32-16-12-28-60(64)72-56(29-18-33-67(72)74)51-37-35-50(36-38-51)52-41-44-71-61(45-52)59-27-13-17-34-70(59)75(71)55-23-8-3-9-24-55;1-2-19-45(20-3-1)48-21-7-16-35-63(48)69-64-36-17-8-24-52(64)54-43-47(41-42-65(54)69)44-37-39-46(40-38-44)49-26-18-34-62-66(49)53-25-6-11-29-57(53)68(62)60-32-14-12-30-58(60)67(59-31-13-15-33-61(59)68)55-27-9-4-22-50(55)51-23-5-10-28-56(51)67/h1-47H;1-43H. The van der Waals surface area contributed by atoms with Crippen molar-refractivity contribution in [2.24, 2.45) is 0 Å². The van der Waals surface area contributed by atoms with Crippen molar-refractivity contribution in [2.75, 3.05) is 0 Å². The van der Waals surface area contributed by atoms with Crippen molar-refractivity contribution in [3.8, 4) is 134 Å². The van der Waals surface area contributed by atoms with Crippen molar-refractivity contribution in [3.63, 3.8) is 0 Å². The molecule has 0 N–H and O–H groups in total. The van der Waals surface area contributed by atoms with Crippen LogP contribution in [0.4, 0.5) is 0 Å². The zero-order chi connectivity index (χ0) is 94.5. The van der Waals surface area contributed by atoms with Gasteiger partial charge in [0.1, 0.15) is 0 Å². The molecule has 0 radical (unpaired) electrons. The molecule has 6 aliphatic carbocycles. The van der Waals surface area contributed by atoms with Crippen molar-refractivity contribution < 1.29 is 0 Å². The Labute approximate surface area is 837 Å². The van der Waals surface area contributed by atoms with Crippen LogP contribution >= 0.6 is 0 Å². The van der Waals surface area contributed by atoms with Gasteiger partial charge >= 0.3 is 0 Å². The Morgan fingerprint density at radius 3 is 0.785 bits per heavy atom. The van der Waals surface area contributed by atoms with Gasteiger partial charge in [-0.15, -0.1) is 0 Å². The van der Waals surface area contributed by atoms with Crippen LogP contribution in [0, 0.1) is 0 Å². The molecule has 0 aliphatic heterocycles. The number of hydrogen-bond donors (Lipinski definition) is 0. The van der Waals surface area contributed by atoms with E-state index in [4.69, 9.17) is 0 Å². The summed E-state index contributed by atoms with van der Waals surface area (Å²) in [6.45, 7) is 0. The van der Waals surface area contributed by atoms with E-state index < -0.39 is 21.7 Å². The van der Waals surface area contributed by atoms with Gasteiger partial charge < -0.3 is 9.13 Å². The Balaban J connectivity index is 0.000000135. The summed E-state index contributed by atoms with van der Waals surface area (Å²) in [6, 6.07) is 205. The minimum Gasteiger partial charge on any atom is -0.309 e. The van der Waals surface area contributed by atoms with E-state index in [0.717, 1.165) is 0 Å². The van der Waals surface area contributed by atoms with Gasteiger partial charge in [-0.2, -0.15) is 0 Å². The molecule has 2 aromatic heterocycles. The molecule has 1 atom stereocenters. The van der Waals surface area contributed by atoms with Crippen LogP contribution in [0.2, 0.25) is 0 Å². The number of fused-ring (bicyclic) bond motifs is 38. The molecule has 2 heteroatoms. The highest BCUT2D eigenvalue weighted by Gasteiger charge is 2.62. The summed E-state index contributed by atoms with van der Waals surface area (Å²) < 4.78 is 4.83.